The van der Waals surface area contributed by atoms with Crippen LogP contribution in [-0.2, 0) is 43.1 Å². The van der Waals surface area contributed by atoms with E-state index in [0.717, 1.165) is 35.7 Å². The summed E-state index contributed by atoms with van der Waals surface area (Å²) < 4.78 is 39.2. The van der Waals surface area contributed by atoms with Gasteiger partial charge in [0.15, 0.2) is 10.2 Å². The second-order valence-corrected chi connectivity index (χ2v) is 16.4. The van der Waals surface area contributed by atoms with Crippen LogP contribution < -0.4 is 4.74 Å². The van der Waals surface area contributed by atoms with Gasteiger partial charge in [-0.3, -0.25) is 24.0 Å². The van der Waals surface area contributed by atoms with Crippen LogP contribution in [0.3, 0.4) is 0 Å². The monoisotopic (exact) mass is 854 g/mol. The normalized spacial score (nSPS) is 13.1. The van der Waals surface area contributed by atoms with Crippen LogP contribution >= 0.6 is 47.9 Å². The summed E-state index contributed by atoms with van der Waals surface area (Å²) in [4.78, 5) is 114. The van der Waals surface area contributed by atoms with E-state index in [4.69, 9.17) is 9.47 Å². The average Bonchev–Trinajstić information content (AvgIpc) is 3.11. The Labute approximate surface area is 342 Å². The Hall–Kier alpha value is -3.67. The molecule has 0 bridgehead atoms. The number of carbonyl (C=O) groups excluding carboxylic acids is 9. The molecule has 0 N–H and O–H groups in total. The van der Waals surface area contributed by atoms with Crippen LogP contribution in [0.25, 0.3) is 11.1 Å². The second-order valence-electron chi connectivity index (χ2n) is 13.0. The van der Waals surface area contributed by atoms with Gasteiger partial charge in [0, 0.05) is 72.2 Å². The number of Topliss-reactive ketones (excluding diaryl/α,β-unsaturated/α-hetero) is 4. The summed E-state index contributed by atoms with van der Waals surface area (Å²) in [5.74, 6) is -9.19. The minimum absolute atomic E-state index is 0.0488. The van der Waals surface area contributed by atoms with Crippen LogP contribution in [0.5, 0.6) is 5.75 Å². The van der Waals surface area contributed by atoms with Crippen molar-refractivity contribution in [3.05, 3.63) is 53.6 Å². The SMILES string of the molecule is CCOC(=O)C(CSC(=O)C(CSC(=O)c1cc(-c2ccc(F)cc2F)ccc1OC(=O)C(CSC(=O)C(CS)CC(C)=O)CC(C)=O)CC(C)=O)CC(C)=O. The molecule has 0 radical (unpaired) electrons. The molecular formula is C39H44F2O11S4. The van der Waals surface area contributed by atoms with Crippen LogP contribution in [0.2, 0.25) is 0 Å². The van der Waals surface area contributed by atoms with Gasteiger partial charge in [-0.1, -0.05) is 41.4 Å². The van der Waals surface area contributed by atoms with Crippen LogP contribution in [0.1, 0.15) is 70.7 Å². The van der Waals surface area contributed by atoms with Gasteiger partial charge in [0.2, 0.25) is 5.12 Å². The zero-order valence-corrected chi connectivity index (χ0v) is 34.9. The van der Waals surface area contributed by atoms with Crippen molar-refractivity contribution in [2.24, 2.45) is 23.7 Å². The summed E-state index contributed by atoms with van der Waals surface area (Å²) in [5.41, 5.74) is -0.227. The Kier molecular flexibility index (Phi) is 20.9. The van der Waals surface area contributed by atoms with E-state index in [9.17, 15) is 51.9 Å². The standard InChI is InChI=1S/C39H44F2O11S4/c1-6-51-35(46)27(12-22(3)43)18-55-38(49)29(14-24(5)45)20-56-39(50)32-15-25(31-9-8-30(40)16-33(31)41)7-10-34(32)52-36(47)28(13-23(4)44)19-54-37(48)26(17-53)11-21(2)42/h7-10,15-16,26-29,53H,6,11-14,17-20H2,1-5H3. The molecule has 2 rings (SSSR count). The first-order valence-corrected chi connectivity index (χ1v) is 21.0. The van der Waals surface area contributed by atoms with Gasteiger partial charge in [-0.25, -0.2) is 8.78 Å². The van der Waals surface area contributed by atoms with Crippen molar-refractivity contribution in [3.8, 4) is 16.9 Å². The molecule has 0 aliphatic carbocycles. The van der Waals surface area contributed by atoms with Crippen molar-refractivity contribution < 1.29 is 61.4 Å². The zero-order chi connectivity index (χ0) is 42.1. The van der Waals surface area contributed by atoms with Crippen molar-refractivity contribution in [1.29, 1.82) is 0 Å². The predicted molar refractivity (Wildman–Crippen MR) is 215 cm³/mol. The minimum Gasteiger partial charge on any atom is -0.466 e. The van der Waals surface area contributed by atoms with E-state index in [0.29, 0.717) is 17.8 Å². The molecule has 0 spiro atoms. The molecule has 0 saturated carbocycles. The highest BCUT2D eigenvalue weighted by Gasteiger charge is 2.30. The lowest BCUT2D eigenvalue weighted by molar-refractivity contribution is -0.148. The lowest BCUT2D eigenvalue weighted by Gasteiger charge is -2.18. The molecule has 304 valence electrons. The third-order valence-corrected chi connectivity index (χ3v) is 11.8. The molecule has 2 aromatic carbocycles. The van der Waals surface area contributed by atoms with Crippen molar-refractivity contribution in [2.45, 2.75) is 60.3 Å². The van der Waals surface area contributed by atoms with Gasteiger partial charge in [0.1, 0.15) is 40.5 Å². The van der Waals surface area contributed by atoms with Gasteiger partial charge >= 0.3 is 11.9 Å². The highest BCUT2D eigenvalue weighted by atomic mass is 32.2. The number of hydrogen-bond acceptors (Lipinski definition) is 15. The Bertz CT molecular complexity index is 1820. The van der Waals surface area contributed by atoms with Gasteiger partial charge in [-0.05, 0) is 64.4 Å². The van der Waals surface area contributed by atoms with E-state index in [-0.39, 0.29) is 95.1 Å². The van der Waals surface area contributed by atoms with Crippen molar-refractivity contribution in [2.75, 3.05) is 29.6 Å². The highest BCUT2D eigenvalue weighted by Crippen LogP contribution is 2.34. The number of benzene rings is 2. The lowest BCUT2D eigenvalue weighted by atomic mass is 10.0. The molecule has 0 amide bonds. The molecule has 0 aliphatic heterocycles. The quantitative estimate of drug-likeness (QED) is 0.0703. The smallest absolute Gasteiger partial charge is 0.315 e. The highest BCUT2D eigenvalue weighted by molar-refractivity contribution is 8.15. The number of halogens is 2. The van der Waals surface area contributed by atoms with Crippen molar-refractivity contribution in [1.82, 2.24) is 0 Å². The second kappa shape index (κ2) is 24.2. The summed E-state index contributed by atoms with van der Waals surface area (Å²) in [6, 6.07) is 6.59. The topological polar surface area (TPSA) is 172 Å². The van der Waals surface area contributed by atoms with Gasteiger partial charge in [-0.2, -0.15) is 12.6 Å². The van der Waals surface area contributed by atoms with E-state index in [1.54, 1.807) is 6.92 Å². The number of carbonyl (C=O) groups is 9. The zero-order valence-electron chi connectivity index (χ0n) is 31.6. The summed E-state index contributed by atoms with van der Waals surface area (Å²) in [7, 11) is 0. The van der Waals surface area contributed by atoms with E-state index in [1.807, 2.05) is 0 Å². The Morgan fingerprint density at radius 2 is 1.14 bits per heavy atom. The number of rotatable bonds is 23. The predicted octanol–water partition coefficient (Wildman–Crippen LogP) is 6.80. The number of thioether (sulfide) groups is 3. The maximum Gasteiger partial charge on any atom is 0.315 e. The Morgan fingerprint density at radius 3 is 1.66 bits per heavy atom. The molecule has 17 heteroatoms. The summed E-state index contributed by atoms with van der Waals surface area (Å²) in [5, 5.41) is -1.68. The number of ether oxygens (including phenoxy) is 2. The van der Waals surface area contributed by atoms with Gasteiger partial charge < -0.3 is 28.7 Å². The third kappa shape index (κ3) is 16.4. The fourth-order valence-electron chi connectivity index (χ4n) is 5.22. The molecule has 4 atom stereocenters. The van der Waals surface area contributed by atoms with E-state index in [2.05, 4.69) is 12.6 Å². The third-order valence-electron chi connectivity index (χ3n) is 7.90. The molecule has 56 heavy (non-hydrogen) atoms. The fraction of sp³-hybridized carbons (Fsp3) is 0.462. The Balaban J connectivity index is 2.43. The van der Waals surface area contributed by atoms with Gasteiger partial charge in [-0.15, -0.1) is 0 Å². The largest absolute Gasteiger partial charge is 0.466 e. The van der Waals surface area contributed by atoms with E-state index >= 15 is 0 Å². The van der Waals surface area contributed by atoms with E-state index < -0.39 is 68.4 Å². The molecule has 0 fully saturated rings. The number of ketones is 4. The van der Waals surface area contributed by atoms with Crippen LogP contribution in [0, 0.1) is 35.3 Å². The first-order chi connectivity index (χ1) is 26.4. The maximum atomic E-state index is 14.8. The molecule has 4 unspecified atom stereocenters. The molecule has 0 heterocycles. The number of thiol groups is 1. The first kappa shape index (κ1) is 48.5. The van der Waals surface area contributed by atoms with Crippen LogP contribution in [0.4, 0.5) is 8.78 Å². The minimum atomic E-state index is -1.15. The van der Waals surface area contributed by atoms with Crippen LogP contribution in [-0.4, -0.2) is 80.0 Å². The fourth-order valence-corrected chi connectivity index (χ4v) is 8.72. The molecule has 0 aliphatic rings. The lowest BCUT2D eigenvalue weighted by Crippen LogP contribution is -2.27. The molecular weight excluding hydrogens is 811 g/mol. The summed E-state index contributed by atoms with van der Waals surface area (Å²) >= 11 is 6.22. The van der Waals surface area contributed by atoms with E-state index in [1.165, 1.54) is 45.9 Å². The van der Waals surface area contributed by atoms with Crippen molar-refractivity contribution in [3.63, 3.8) is 0 Å². The van der Waals surface area contributed by atoms with Crippen molar-refractivity contribution >= 4 is 98.3 Å². The van der Waals surface area contributed by atoms with Gasteiger partial charge in [0.05, 0.1) is 24.0 Å². The maximum absolute atomic E-state index is 14.8. The summed E-state index contributed by atoms with van der Waals surface area (Å²) in [6.45, 7) is 6.80. The molecule has 0 aromatic heterocycles. The average molecular weight is 855 g/mol. The molecule has 2 aromatic rings. The van der Waals surface area contributed by atoms with Crippen LogP contribution in [0.15, 0.2) is 36.4 Å². The number of hydrogen-bond donors (Lipinski definition) is 1. The first-order valence-electron chi connectivity index (χ1n) is 17.4. The van der Waals surface area contributed by atoms with Gasteiger partial charge in [0.25, 0.3) is 0 Å². The summed E-state index contributed by atoms with van der Waals surface area (Å²) in [6.07, 6.45) is -0.777. The number of esters is 2. The molecule has 0 saturated heterocycles. The molecule has 11 nitrogen and oxygen atoms in total. The Morgan fingerprint density at radius 1 is 0.643 bits per heavy atom.